The van der Waals surface area contributed by atoms with Crippen LogP contribution in [0.5, 0.6) is 23.0 Å². The summed E-state index contributed by atoms with van der Waals surface area (Å²) in [7, 11) is 1.64. The fourth-order valence-corrected chi connectivity index (χ4v) is 4.82. The molecule has 0 radical (unpaired) electrons. The van der Waals surface area contributed by atoms with Gasteiger partial charge in [-0.25, -0.2) is 4.98 Å². The van der Waals surface area contributed by atoms with Gasteiger partial charge in [-0.3, -0.25) is 0 Å². The van der Waals surface area contributed by atoms with E-state index in [-0.39, 0.29) is 0 Å². The lowest BCUT2D eigenvalue weighted by atomic mass is 10.1. The van der Waals surface area contributed by atoms with Crippen molar-refractivity contribution < 1.29 is 18.9 Å². The second-order valence-corrected chi connectivity index (χ2v) is 10.00. The number of fused-ring (bicyclic) bond motifs is 1. The number of imidazole rings is 1. The number of H-pyrrole nitrogens is 1. The number of benzene rings is 5. The first-order valence-corrected chi connectivity index (χ1v) is 13.9. The fraction of sp³-hybridized carbons (Fsp3) is 0.139. The van der Waals surface area contributed by atoms with Crippen molar-refractivity contribution in [2.75, 3.05) is 7.11 Å². The zero-order valence-electron chi connectivity index (χ0n) is 23.7. The largest absolute Gasteiger partial charge is 0.493 e. The van der Waals surface area contributed by atoms with Gasteiger partial charge >= 0.3 is 0 Å². The molecule has 6 heteroatoms. The van der Waals surface area contributed by atoms with Gasteiger partial charge in [0.25, 0.3) is 0 Å². The number of rotatable bonds is 11. The van der Waals surface area contributed by atoms with Crippen LogP contribution in [0, 0.1) is 6.92 Å². The fourth-order valence-electron chi connectivity index (χ4n) is 4.82. The summed E-state index contributed by atoms with van der Waals surface area (Å²) in [6.07, 6.45) is 0. The van der Waals surface area contributed by atoms with Gasteiger partial charge in [-0.15, -0.1) is 0 Å². The average Bonchev–Trinajstić information content (AvgIpc) is 3.47. The van der Waals surface area contributed by atoms with Crippen LogP contribution in [-0.2, 0) is 19.8 Å². The topological polar surface area (TPSA) is 65.6 Å². The Kier molecular flexibility index (Phi) is 8.04. The Morgan fingerprint density at radius 3 is 1.74 bits per heavy atom. The second-order valence-electron chi connectivity index (χ2n) is 10.00. The molecule has 210 valence electrons. The highest BCUT2D eigenvalue weighted by atomic mass is 16.5. The molecule has 1 heterocycles. The van der Waals surface area contributed by atoms with Gasteiger partial charge in [0.05, 0.1) is 18.1 Å². The van der Waals surface area contributed by atoms with E-state index in [1.54, 1.807) is 7.11 Å². The number of hydrogen-bond acceptors (Lipinski definition) is 5. The lowest BCUT2D eigenvalue weighted by Gasteiger charge is -2.20. The molecule has 6 nitrogen and oxygen atoms in total. The smallest absolute Gasteiger partial charge is 0.204 e. The normalized spacial score (nSPS) is 10.9. The number of methoxy groups -OCH3 is 1. The molecule has 42 heavy (non-hydrogen) atoms. The van der Waals surface area contributed by atoms with Crippen LogP contribution in [0.1, 0.15) is 22.3 Å². The summed E-state index contributed by atoms with van der Waals surface area (Å²) in [4.78, 5) is 8.39. The molecule has 6 rings (SSSR count). The van der Waals surface area contributed by atoms with E-state index in [1.807, 2.05) is 122 Å². The van der Waals surface area contributed by atoms with Crippen molar-refractivity contribution in [3.63, 3.8) is 0 Å². The lowest BCUT2D eigenvalue weighted by Crippen LogP contribution is -2.05. The molecule has 0 aliphatic rings. The van der Waals surface area contributed by atoms with Crippen molar-refractivity contribution in [3.8, 4) is 34.4 Å². The van der Waals surface area contributed by atoms with Crippen molar-refractivity contribution >= 4 is 11.0 Å². The molecule has 5 aromatic carbocycles. The van der Waals surface area contributed by atoms with Gasteiger partial charge < -0.3 is 23.9 Å². The third-order valence-electron chi connectivity index (χ3n) is 7.08. The van der Waals surface area contributed by atoms with Gasteiger partial charge in [-0.05, 0) is 41.8 Å². The molecule has 0 fully saturated rings. The van der Waals surface area contributed by atoms with Crippen LogP contribution in [0.25, 0.3) is 22.4 Å². The number of ether oxygens (including phenoxy) is 4. The highest BCUT2D eigenvalue weighted by molar-refractivity contribution is 5.83. The van der Waals surface area contributed by atoms with Crippen LogP contribution in [0.3, 0.4) is 0 Å². The molecule has 6 aromatic rings. The molecule has 0 spiro atoms. The summed E-state index contributed by atoms with van der Waals surface area (Å²) in [5.74, 6) is 3.22. The molecule has 0 aliphatic carbocycles. The zero-order valence-corrected chi connectivity index (χ0v) is 23.7. The molecule has 0 bridgehead atoms. The Bertz CT molecular complexity index is 1770. The Labute approximate surface area is 245 Å². The SMILES string of the molecule is COc1cc(-c2nc3cc(OCc4ccccc4)ccc3[nH]2)c(C)c(OCc2ccccc2)c1OCc1ccccc1. The predicted octanol–water partition coefficient (Wildman–Crippen LogP) is 8.28. The Morgan fingerprint density at radius 1 is 0.619 bits per heavy atom. The number of aromatic amines is 1. The van der Waals surface area contributed by atoms with Crippen molar-refractivity contribution in [1.82, 2.24) is 9.97 Å². The maximum absolute atomic E-state index is 6.45. The van der Waals surface area contributed by atoms with E-state index in [1.165, 1.54) is 0 Å². The first-order valence-electron chi connectivity index (χ1n) is 13.9. The molecule has 0 amide bonds. The summed E-state index contributed by atoms with van der Waals surface area (Å²) in [6, 6.07) is 38.1. The number of nitrogens with zero attached hydrogens (tertiary/aromatic N) is 1. The Hall–Kier alpha value is -5.23. The van der Waals surface area contributed by atoms with E-state index in [0.717, 1.165) is 44.6 Å². The van der Waals surface area contributed by atoms with Crippen molar-refractivity contribution in [2.24, 2.45) is 0 Å². The van der Waals surface area contributed by atoms with Crippen molar-refractivity contribution in [3.05, 3.63) is 138 Å². The Balaban J connectivity index is 1.34. The van der Waals surface area contributed by atoms with Crippen molar-refractivity contribution in [1.29, 1.82) is 0 Å². The van der Waals surface area contributed by atoms with E-state index in [2.05, 4.69) is 4.98 Å². The zero-order chi connectivity index (χ0) is 28.7. The summed E-state index contributed by atoms with van der Waals surface area (Å²) in [5.41, 5.74) is 6.71. The quantitative estimate of drug-likeness (QED) is 0.174. The maximum Gasteiger partial charge on any atom is 0.204 e. The number of aromatic nitrogens is 2. The molecule has 0 aliphatic heterocycles. The van der Waals surface area contributed by atoms with E-state index in [9.17, 15) is 0 Å². The van der Waals surface area contributed by atoms with Gasteiger partial charge in [0.15, 0.2) is 11.5 Å². The number of hydrogen-bond donors (Lipinski definition) is 1. The van der Waals surface area contributed by atoms with E-state index >= 15 is 0 Å². The first kappa shape index (κ1) is 27.0. The van der Waals surface area contributed by atoms with Crippen LogP contribution in [0.4, 0.5) is 0 Å². The summed E-state index contributed by atoms with van der Waals surface area (Å²) < 4.78 is 24.7. The standard InChI is InChI=1S/C36H32N2O4/c1-25-30(36-37-31-19-18-29(20-32(31)38-36)40-22-26-12-6-3-7-13-26)21-33(39-2)35(42-24-28-16-10-5-11-17-28)34(25)41-23-27-14-8-4-9-15-27/h3-21H,22-24H2,1-2H3,(H,37,38). The van der Waals surface area contributed by atoms with Gasteiger partial charge in [-0.2, -0.15) is 0 Å². The van der Waals surface area contributed by atoms with E-state index in [0.29, 0.717) is 42.9 Å². The second kappa shape index (κ2) is 12.5. The summed E-state index contributed by atoms with van der Waals surface area (Å²) in [5, 5.41) is 0. The molecular weight excluding hydrogens is 524 g/mol. The summed E-state index contributed by atoms with van der Waals surface area (Å²) in [6.45, 7) is 3.28. The highest BCUT2D eigenvalue weighted by Gasteiger charge is 2.22. The number of nitrogens with one attached hydrogen (secondary N) is 1. The molecule has 0 saturated heterocycles. The third-order valence-corrected chi connectivity index (χ3v) is 7.08. The van der Waals surface area contributed by atoms with E-state index in [4.69, 9.17) is 23.9 Å². The monoisotopic (exact) mass is 556 g/mol. The molecule has 0 saturated carbocycles. The molecule has 1 aromatic heterocycles. The molecule has 0 atom stereocenters. The van der Waals surface area contributed by atoms with Crippen LogP contribution in [-0.4, -0.2) is 17.1 Å². The summed E-state index contributed by atoms with van der Waals surface area (Å²) >= 11 is 0. The van der Waals surface area contributed by atoms with Crippen molar-refractivity contribution in [2.45, 2.75) is 26.7 Å². The highest BCUT2D eigenvalue weighted by Crippen LogP contribution is 2.45. The molecular formula is C36H32N2O4. The minimum atomic E-state index is 0.383. The lowest BCUT2D eigenvalue weighted by molar-refractivity contribution is 0.243. The van der Waals surface area contributed by atoms with Gasteiger partial charge in [0, 0.05) is 17.2 Å². The van der Waals surface area contributed by atoms with Crippen LogP contribution >= 0.6 is 0 Å². The Morgan fingerprint density at radius 2 is 1.17 bits per heavy atom. The minimum absolute atomic E-state index is 0.383. The predicted molar refractivity (Wildman–Crippen MR) is 165 cm³/mol. The average molecular weight is 557 g/mol. The van der Waals surface area contributed by atoms with E-state index < -0.39 is 0 Å². The molecule has 1 N–H and O–H groups in total. The molecule has 0 unspecified atom stereocenters. The van der Waals surface area contributed by atoms with Gasteiger partial charge in [0.1, 0.15) is 31.4 Å². The maximum atomic E-state index is 6.45. The van der Waals surface area contributed by atoms with Crippen LogP contribution in [0.2, 0.25) is 0 Å². The van der Waals surface area contributed by atoms with Gasteiger partial charge in [-0.1, -0.05) is 91.0 Å². The third kappa shape index (κ3) is 6.08. The van der Waals surface area contributed by atoms with Crippen LogP contribution < -0.4 is 18.9 Å². The first-order chi connectivity index (χ1) is 20.7. The van der Waals surface area contributed by atoms with Gasteiger partial charge in [0.2, 0.25) is 5.75 Å². The van der Waals surface area contributed by atoms with Crippen LogP contribution in [0.15, 0.2) is 115 Å². The minimum Gasteiger partial charge on any atom is -0.493 e.